The number of tetrazole rings is 1. The first-order chi connectivity index (χ1) is 11.1. The number of hydrogen-bond donors (Lipinski definition) is 2. The van der Waals surface area contributed by atoms with Gasteiger partial charge in [-0.3, -0.25) is 4.79 Å². The Morgan fingerprint density at radius 2 is 2.22 bits per heavy atom. The second-order valence-electron chi connectivity index (χ2n) is 4.82. The molecular weight excluding hydrogens is 320 g/mol. The lowest BCUT2D eigenvalue weighted by atomic mass is 10.1. The third-order valence-corrected chi connectivity index (χ3v) is 4.37. The van der Waals surface area contributed by atoms with Crippen molar-refractivity contribution in [3.63, 3.8) is 0 Å². The number of aryl methyl sites for hydroxylation is 1. The molecular formula is C13H14N6O3S. The Morgan fingerprint density at radius 1 is 1.43 bits per heavy atom. The zero-order chi connectivity index (χ0) is 16.2. The van der Waals surface area contributed by atoms with Crippen LogP contribution < -0.4 is 10.6 Å². The van der Waals surface area contributed by atoms with Gasteiger partial charge in [-0.05, 0) is 16.0 Å². The number of benzene rings is 1. The van der Waals surface area contributed by atoms with Crippen LogP contribution in [0.25, 0.3) is 0 Å². The quantitative estimate of drug-likeness (QED) is 0.743. The van der Waals surface area contributed by atoms with Crippen molar-refractivity contribution in [1.82, 2.24) is 30.8 Å². The van der Waals surface area contributed by atoms with E-state index in [0.29, 0.717) is 5.16 Å². The lowest BCUT2D eigenvalue weighted by molar-refractivity contribution is -0.129. The smallest absolute Gasteiger partial charge is 0.408 e. The van der Waals surface area contributed by atoms with Crippen LogP contribution >= 0.6 is 11.8 Å². The van der Waals surface area contributed by atoms with Gasteiger partial charge in [0.1, 0.15) is 18.0 Å². The average Bonchev–Trinajstić information content (AvgIpc) is 2.96. The summed E-state index contributed by atoms with van der Waals surface area (Å²) in [7, 11) is 1.69. The largest absolute Gasteiger partial charge is 0.445 e. The Balaban J connectivity index is 1.50. The van der Waals surface area contributed by atoms with Crippen LogP contribution in [-0.2, 0) is 23.2 Å². The molecule has 2 atom stereocenters. The Hall–Kier alpha value is -2.62. The van der Waals surface area contributed by atoms with E-state index in [1.165, 1.54) is 16.4 Å². The molecule has 0 radical (unpaired) electrons. The molecule has 2 aromatic rings. The van der Waals surface area contributed by atoms with Crippen molar-refractivity contribution < 1.29 is 14.3 Å². The molecule has 0 spiro atoms. The second kappa shape index (κ2) is 6.65. The fraction of sp³-hybridized carbons (Fsp3) is 0.308. The van der Waals surface area contributed by atoms with Gasteiger partial charge in [0, 0.05) is 7.05 Å². The lowest BCUT2D eigenvalue weighted by Gasteiger charge is -2.35. The Morgan fingerprint density at radius 3 is 2.87 bits per heavy atom. The normalized spacial score (nSPS) is 19.6. The molecule has 10 heteroatoms. The highest BCUT2D eigenvalue weighted by Crippen LogP contribution is 2.25. The minimum Gasteiger partial charge on any atom is -0.445 e. The lowest BCUT2D eigenvalue weighted by Crippen LogP contribution is -2.67. The highest BCUT2D eigenvalue weighted by atomic mass is 32.2. The van der Waals surface area contributed by atoms with Gasteiger partial charge in [0.05, 0.1) is 0 Å². The highest BCUT2D eigenvalue weighted by Gasteiger charge is 2.42. The van der Waals surface area contributed by atoms with E-state index in [0.717, 1.165) is 5.56 Å². The molecule has 1 aromatic carbocycles. The van der Waals surface area contributed by atoms with E-state index in [2.05, 4.69) is 26.2 Å². The van der Waals surface area contributed by atoms with Crippen molar-refractivity contribution in [2.45, 2.75) is 23.2 Å². The van der Waals surface area contributed by atoms with Crippen molar-refractivity contribution in [2.75, 3.05) is 0 Å². The number of aromatic nitrogens is 4. The molecule has 9 nitrogen and oxygen atoms in total. The van der Waals surface area contributed by atoms with E-state index >= 15 is 0 Å². The number of alkyl carbamates (subject to hydrolysis) is 1. The van der Waals surface area contributed by atoms with Crippen molar-refractivity contribution in [1.29, 1.82) is 0 Å². The van der Waals surface area contributed by atoms with Crippen LogP contribution in [0.5, 0.6) is 0 Å². The minimum atomic E-state index is -0.681. The summed E-state index contributed by atoms with van der Waals surface area (Å²) in [6.07, 6.45) is -0.643. The molecule has 2 heterocycles. The minimum absolute atomic E-state index is 0.145. The molecule has 3 rings (SSSR count). The summed E-state index contributed by atoms with van der Waals surface area (Å²) in [6.45, 7) is 0.145. The van der Waals surface area contributed by atoms with Crippen LogP contribution in [0.2, 0.25) is 0 Å². The Kier molecular flexibility index (Phi) is 4.42. The monoisotopic (exact) mass is 334 g/mol. The first-order valence-electron chi connectivity index (χ1n) is 6.80. The molecule has 0 aliphatic carbocycles. The molecule has 2 amide bonds. The van der Waals surface area contributed by atoms with Crippen molar-refractivity contribution in [3.05, 3.63) is 35.9 Å². The number of thioether (sulfide) groups is 1. The first-order valence-corrected chi connectivity index (χ1v) is 7.68. The Labute approximate surface area is 135 Å². The summed E-state index contributed by atoms with van der Waals surface area (Å²) < 4.78 is 6.59. The number of carbonyl (C=O) groups excluding carboxylic acids is 2. The molecule has 1 saturated heterocycles. The fourth-order valence-electron chi connectivity index (χ4n) is 1.92. The molecule has 2 N–H and O–H groups in total. The second-order valence-corrected chi connectivity index (χ2v) is 5.92. The van der Waals surface area contributed by atoms with Crippen LogP contribution in [0.15, 0.2) is 35.5 Å². The number of hydrogen-bond acceptors (Lipinski definition) is 7. The van der Waals surface area contributed by atoms with E-state index < -0.39 is 12.1 Å². The first kappa shape index (κ1) is 15.3. The molecule has 120 valence electrons. The molecule has 1 fully saturated rings. The number of nitrogens with zero attached hydrogens (tertiary/aromatic N) is 4. The number of rotatable bonds is 5. The van der Waals surface area contributed by atoms with E-state index in [-0.39, 0.29) is 17.9 Å². The summed E-state index contributed by atoms with van der Waals surface area (Å²) >= 11 is 1.26. The molecule has 0 bridgehead atoms. The van der Waals surface area contributed by atoms with Gasteiger partial charge in [-0.15, -0.1) is 5.10 Å². The van der Waals surface area contributed by atoms with E-state index in [4.69, 9.17) is 4.74 Å². The van der Waals surface area contributed by atoms with Gasteiger partial charge in [0.25, 0.3) is 0 Å². The number of β-lactam (4-membered cyclic amide) rings is 1. The van der Waals surface area contributed by atoms with Crippen LogP contribution in [-0.4, -0.2) is 43.6 Å². The third kappa shape index (κ3) is 3.59. The summed E-state index contributed by atoms with van der Waals surface area (Å²) in [5.41, 5.74) is 0.872. The van der Waals surface area contributed by atoms with Crippen LogP contribution in [0.1, 0.15) is 5.56 Å². The molecule has 1 unspecified atom stereocenters. The topological polar surface area (TPSA) is 111 Å². The van der Waals surface area contributed by atoms with Gasteiger partial charge in [-0.25, -0.2) is 9.48 Å². The number of nitrogens with one attached hydrogen (secondary N) is 2. The standard InChI is InChI=1S/C13H14N6O3S/c1-19-12(16-17-18-19)23-11-9(10(20)15-11)14-13(21)22-7-8-5-3-2-4-6-8/h2-6,9,11H,7H2,1H3,(H,14,21)(H,15,20)/t9-,11?/m1/s1. The Bertz CT molecular complexity index is 707. The van der Waals surface area contributed by atoms with Gasteiger partial charge in [-0.2, -0.15) is 0 Å². The number of carbonyl (C=O) groups is 2. The molecule has 23 heavy (non-hydrogen) atoms. The summed E-state index contributed by atoms with van der Waals surface area (Å²) in [5.74, 6) is -0.269. The van der Waals surface area contributed by atoms with E-state index in [1.807, 2.05) is 30.3 Å². The van der Waals surface area contributed by atoms with Crippen molar-refractivity contribution >= 4 is 23.8 Å². The zero-order valence-corrected chi connectivity index (χ0v) is 13.0. The molecule has 0 saturated carbocycles. The maximum atomic E-state index is 11.8. The predicted octanol–water partition coefficient (Wildman–Crippen LogP) is 0.0531. The highest BCUT2D eigenvalue weighted by molar-refractivity contribution is 7.99. The van der Waals surface area contributed by atoms with Gasteiger partial charge in [-0.1, -0.05) is 42.1 Å². The summed E-state index contributed by atoms with van der Waals surface area (Å²) in [5, 5.41) is 16.5. The average molecular weight is 334 g/mol. The van der Waals surface area contributed by atoms with Gasteiger partial charge >= 0.3 is 6.09 Å². The molecule has 1 aromatic heterocycles. The SMILES string of the molecule is Cn1nnnc1SC1NC(=O)[C@H]1NC(=O)OCc1ccccc1. The molecule has 1 aliphatic rings. The maximum absolute atomic E-state index is 11.8. The van der Waals surface area contributed by atoms with Crippen LogP contribution in [0, 0.1) is 0 Å². The predicted molar refractivity (Wildman–Crippen MR) is 80.1 cm³/mol. The molecule has 1 aliphatic heterocycles. The van der Waals surface area contributed by atoms with Crippen LogP contribution in [0.3, 0.4) is 0 Å². The number of amides is 2. The van der Waals surface area contributed by atoms with Crippen molar-refractivity contribution in [3.8, 4) is 0 Å². The third-order valence-electron chi connectivity index (χ3n) is 3.17. The van der Waals surface area contributed by atoms with E-state index in [9.17, 15) is 9.59 Å². The summed E-state index contributed by atoms with van der Waals surface area (Å²) in [6, 6.07) is 8.62. The van der Waals surface area contributed by atoms with Gasteiger partial charge < -0.3 is 15.4 Å². The summed E-state index contributed by atoms with van der Waals surface area (Å²) in [4.78, 5) is 23.4. The fourth-order valence-corrected chi connectivity index (χ4v) is 2.92. The van der Waals surface area contributed by atoms with Gasteiger partial charge in [0.2, 0.25) is 11.1 Å². The maximum Gasteiger partial charge on any atom is 0.408 e. The van der Waals surface area contributed by atoms with Gasteiger partial charge in [0.15, 0.2) is 0 Å². The zero-order valence-electron chi connectivity index (χ0n) is 12.2. The van der Waals surface area contributed by atoms with E-state index in [1.54, 1.807) is 7.05 Å². The number of ether oxygens (including phenoxy) is 1. The van der Waals surface area contributed by atoms with Crippen molar-refractivity contribution in [2.24, 2.45) is 7.05 Å². The van der Waals surface area contributed by atoms with Crippen LogP contribution in [0.4, 0.5) is 4.79 Å².